The van der Waals surface area contributed by atoms with E-state index in [0.717, 1.165) is 5.69 Å². The van der Waals surface area contributed by atoms with E-state index in [1.165, 1.54) is 6.92 Å². The van der Waals surface area contributed by atoms with Gasteiger partial charge in [-0.3, -0.25) is 9.78 Å². The molecule has 0 aliphatic carbocycles. The predicted octanol–water partition coefficient (Wildman–Crippen LogP) is 0.274. The third-order valence-corrected chi connectivity index (χ3v) is 2.51. The van der Waals surface area contributed by atoms with Gasteiger partial charge in [-0.2, -0.15) is 0 Å². The third-order valence-electron chi connectivity index (χ3n) is 2.51. The van der Waals surface area contributed by atoms with Crippen molar-refractivity contribution in [1.82, 2.24) is 10.3 Å². The number of aliphatic hydroxyl groups is 1. The minimum atomic E-state index is -1.25. The number of hydrogen-bond acceptors (Lipinski definition) is 6. The Morgan fingerprint density at radius 2 is 2.35 bits per heavy atom. The molecule has 1 aromatic rings. The summed E-state index contributed by atoms with van der Waals surface area (Å²) in [6, 6.07) is 5.52. The Balaban J connectivity index is 2.33. The van der Waals surface area contributed by atoms with Gasteiger partial charge in [0, 0.05) is 24.9 Å². The number of carbonyl (C=O) groups is 2. The smallest absolute Gasteiger partial charge is 0.407 e. The van der Waals surface area contributed by atoms with Crippen LogP contribution in [0.3, 0.4) is 0 Å². The minimum absolute atomic E-state index is 0.208. The number of carbonyl (C=O) groups excluding carboxylic acids is 2. The van der Waals surface area contributed by atoms with Gasteiger partial charge in [0.15, 0.2) is 5.60 Å². The number of nitrogens with one attached hydrogen (secondary N) is 1. The quantitative estimate of drug-likeness (QED) is 0.664. The van der Waals surface area contributed by atoms with Crippen molar-refractivity contribution in [3.63, 3.8) is 0 Å². The first kappa shape index (κ1) is 15.9. The molecule has 0 fully saturated rings. The molecule has 0 saturated carbocycles. The summed E-state index contributed by atoms with van der Waals surface area (Å²) in [5.74, 6) is 0. The van der Waals surface area contributed by atoms with Crippen molar-refractivity contribution < 1.29 is 24.2 Å². The SMILES string of the molecule is CC(CO)(COC=O)OC(=O)NCCc1ccccn1. The van der Waals surface area contributed by atoms with Crippen molar-refractivity contribution in [2.45, 2.75) is 18.9 Å². The van der Waals surface area contributed by atoms with Gasteiger partial charge in [-0.1, -0.05) is 6.07 Å². The van der Waals surface area contributed by atoms with Crippen LogP contribution in [0, 0.1) is 0 Å². The molecular formula is C13H18N2O5. The predicted molar refractivity (Wildman–Crippen MR) is 69.9 cm³/mol. The van der Waals surface area contributed by atoms with Gasteiger partial charge in [0.05, 0.1) is 6.61 Å². The zero-order valence-corrected chi connectivity index (χ0v) is 11.2. The van der Waals surface area contributed by atoms with Crippen LogP contribution in [0.2, 0.25) is 0 Å². The number of pyridine rings is 1. The van der Waals surface area contributed by atoms with E-state index in [9.17, 15) is 9.59 Å². The van der Waals surface area contributed by atoms with Crippen LogP contribution >= 0.6 is 0 Å². The molecule has 1 aromatic heterocycles. The summed E-state index contributed by atoms with van der Waals surface area (Å²) >= 11 is 0. The highest BCUT2D eigenvalue weighted by molar-refractivity contribution is 5.67. The van der Waals surface area contributed by atoms with Crippen molar-refractivity contribution in [1.29, 1.82) is 0 Å². The zero-order valence-electron chi connectivity index (χ0n) is 11.2. The summed E-state index contributed by atoms with van der Waals surface area (Å²) in [7, 11) is 0. The Morgan fingerprint density at radius 1 is 1.55 bits per heavy atom. The fraction of sp³-hybridized carbons (Fsp3) is 0.462. The maximum atomic E-state index is 11.6. The Morgan fingerprint density at radius 3 is 2.95 bits per heavy atom. The second-order valence-corrected chi connectivity index (χ2v) is 4.40. The lowest BCUT2D eigenvalue weighted by Crippen LogP contribution is -2.43. The van der Waals surface area contributed by atoms with Gasteiger partial charge < -0.3 is 19.9 Å². The maximum absolute atomic E-state index is 11.6. The summed E-state index contributed by atoms with van der Waals surface area (Å²) in [4.78, 5) is 25.8. The highest BCUT2D eigenvalue weighted by atomic mass is 16.6. The van der Waals surface area contributed by atoms with E-state index < -0.39 is 18.3 Å². The van der Waals surface area contributed by atoms with Crippen LogP contribution in [0.15, 0.2) is 24.4 Å². The van der Waals surface area contributed by atoms with Crippen molar-refractivity contribution in [2.75, 3.05) is 19.8 Å². The maximum Gasteiger partial charge on any atom is 0.407 e. The molecule has 1 atom stereocenters. The van der Waals surface area contributed by atoms with Crippen LogP contribution in [-0.2, 0) is 20.7 Å². The first-order valence-electron chi connectivity index (χ1n) is 6.12. The molecule has 0 bridgehead atoms. The van der Waals surface area contributed by atoms with Gasteiger partial charge in [0.1, 0.15) is 6.61 Å². The summed E-state index contributed by atoms with van der Waals surface area (Å²) in [6.07, 6.45) is 1.55. The average Bonchev–Trinajstić information content (AvgIpc) is 2.46. The second-order valence-electron chi connectivity index (χ2n) is 4.40. The lowest BCUT2D eigenvalue weighted by atomic mass is 10.1. The topological polar surface area (TPSA) is 97.8 Å². The molecule has 2 N–H and O–H groups in total. The fourth-order valence-electron chi connectivity index (χ4n) is 1.42. The highest BCUT2D eigenvalue weighted by Gasteiger charge is 2.29. The van der Waals surface area contributed by atoms with Crippen LogP contribution in [0.4, 0.5) is 4.79 Å². The van der Waals surface area contributed by atoms with Crippen LogP contribution in [0.25, 0.3) is 0 Å². The molecule has 0 aliphatic rings. The van der Waals surface area contributed by atoms with Crippen molar-refractivity contribution in [3.8, 4) is 0 Å². The van der Waals surface area contributed by atoms with E-state index in [-0.39, 0.29) is 13.1 Å². The van der Waals surface area contributed by atoms with Crippen LogP contribution in [-0.4, -0.2) is 48.0 Å². The Kier molecular flexibility index (Phi) is 6.45. The molecule has 110 valence electrons. The number of rotatable bonds is 8. The standard InChI is InChI=1S/C13H18N2O5/c1-13(8-16,9-19-10-17)20-12(18)15-7-5-11-4-2-3-6-14-11/h2-4,6,10,16H,5,7-9H2,1H3,(H,15,18). The van der Waals surface area contributed by atoms with Gasteiger partial charge in [0.25, 0.3) is 6.47 Å². The van der Waals surface area contributed by atoms with Crippen LogP contribution in [0.1, 0.15) is 12.6 Å². The number of hydrogen-bond donors (Lipinski definition) is 2. The third kappa shape index (κ3) is 5.66. The van der Waals surface area contributed by atoms with Gasteiger partial charge in [-0.05, 0) is 19.1 Å². The van der Waals surface area contributed by atoms with Crippen LogP contribution < -0.4 is 5.32 Å². The summed E-state index contributed by atoms with van der Waals surface area (Å²) in [5.41, 5.74) is -0.405. The summed E-state index contributed by atoms with van der Waals surface area (Å²) < 4.78 is 9.53. The first-order chi connectivity index (χ1) is 9.59. The number of nitrogens with zero attached hydrogens (tertiary/aromatic N) is 1. The van der Waals surface area contributed by atoms with E-state index in [2.05, 4.69) is 15.0 Å². The Labute approximate surface area is 116 Å². The number of aliphatic hydroxyl groups excluding tert-OH is 1. The second kappa shape index (κ2) is 8.11. The molecule has 7 heteroatoms. The van der Waals surface area contributed by atoms with Gasteiger partial charge in [0.2, 0.25) is 0 Å². The molecule has 1 heterocycles. The number of aromatic nitrogens is 1. The molecule has 7 nitrogen and oxygen atoms in total. The molecule has 0 aromatic carbocycles. The van der Waals surface area contributed by atoms with Crippen LogP contribution in [0.5, 0.6) is 0 Å². The van der Waals surface area contributed by atoms with E-state index in [1.54, 1.807) is 6.20 Å². The van der Waals surface area contributed by atoms with Crippen molar-refractivity contribution in [3.05, 3.63) is 30.1 Å². The van der Waals surface area contributed by atoms with E-state index in [1.807, 2.05) is 18.2 Å². The molecule has 0 radical (unpaired) electrons. The summed E-state index contributed by atoms with van der Waals surface area (Å²) in [6.45, 7) is 1.39. The van der Waals surface area contributed by atoms with Gasteiger partial charge >= 0.3 is 6.09 Å². The van der Waals surface area contributed by atoms with Crippen molar-refractivity contribution in [2.24, 2.45) is 0 Å². The lowest BCUT2D eigenvalue weighted by Gasteiger charge is -2.26. The molecule has 0 spiro atoms. The van der Waals surface area contributed by atoms with E-state index >= 15 is 0 Å². The monoisotopic (exact) mass is 282 g/mol. The first-order valence-corrected chi connectivity index (χ1v) is 6.12. The molecule has 1 amide bonds. The molecular weight excluding hydrogens is 264 g/mol. The van der Waals surface area contributed by atoms with Crippen molar-refractivity contribution >= 4 is 12.6 Å². The Bertz CT molecular complexity index is 426. The lowest BCUT2D eigenvalue weighted by molar-refractivity contribution is -0.138. The van der Waals surface area contributed by atoms with Gasteiger partial charge in [-0.15, -0.1) is 0 Å². The Hall–Kier alpha value is -2.15. The average molecular weight is 282 g/mol. The highest BCUT2D eigenvalue weighted by Crippen LogP contribution is 2.10. The molecule has 0 aliphatic heterocycles. The van der Waals surface area contributed by atoms with Gasteiger partial charge in [-0.25, -0.2) is 4.79 Å². The van der Waals surface area contributed by atoms with E-state index in [4.69, 9.17) is 9.84 Å². The molecule has 1 unspecified atom stereocenters. The number of ether oxygens (including phenoxy) is 2. The fourth-order valence-corrected chi connectivity index (χ4v) is 1.42. The number of amides is 1. The molecule has 0 saturated heterocycles. The zero-order chi connectivity index (χ0) is 14.8. The van der Waals surface area contributed by atoms with E-state index in [0.29, 0.717) is 13.0 Å². The molecule has 20 heavy (non-hydrogen) atoms. The number of alkyl carbamates (subject to hydrolysis) is 1. The minimum Gasteiger partial charge on any atom is -0.464 e. The normalized spacial score (nSPS) is 13.1. The summed E-state index contributed by atoms with van der Waals surface area (Å²) in [5, 5.41) is 11.7. The largest absolute Gasteiger partial charge is 0.464 e. The molecule has 1 rings (SSSR count).